The lowest BCUT2D eigenvalue weighted by Crippen LogP contribution is -2.21. The molecule has 0 atom stereocenters. The van der Waals surface area contributed by atoms with Gasteiger partial charge in [-0.2, -0.15) is 0 Å². The molecule has 1 aromatic carbocycles. The summed E-state index contributed by atoms with van der Waals surface area (Å²) in [4.78, 5) is 38.1. The van der Waals surface area contributed by atoms with Crippen molar-refractivity contribution in [3.63, 3.8) is 0 Å². The summed E-state index contributed by atoms with van der Waals surface area (Å²) in [5.74, 6) is -0.144. The van der Waals surface area contributed by atoms with Gasteiger partial charge < -0.3 is 9.52 Å². The average Bonchev–Trinajstić information content (AvgIpc) is 3.39. The van der Waals surface area contributed by atoms with Crippen LogP contribution in [0.4, 0.5) is 0 Å². The van der Waals surface area contributed by atoms with Gasteiger partial charge in [0.05, 0.1) is 11.1 Å². The second-order valence-electron chi connectivity index (χ2n) is 14.2. The number of fused-ring (bicyclic) bond motifs is 1. The van der Waals surface area contributed by atoms with Gasteiger partial charge in [0, 0.05) is 40.0 Å². The molecule has 3 aromatic rings. The summed E-state index contributed by atoms with van der Waals surface area (Å²) in [6.45, 7) is 27.5. The molecule has 1 N–H and O–H groups in total. The van der Waals surface area contributed by atoms with Crippen molar-refractivity contribution in [1.29, 1.82) is 0 Å². The SMILES string of the molecule is CC(C)C(=O)c1cc2nc(-c3ccc(Cl)cc3)cc(C(C)(C)C)c2o1.CCC(=O)C(C)(C)C.CCC(C)(C)C(=O)O.CCCC. The zero-order valence-corrected chi connectivity index (χ0v) is 31.0. The summed E-state index contributed by atoms with van der Waals surface area (Å²) in [6, 6.07) is 11.4. The summed E-state index contributed by atoms with van der Waals surface area (Å²) >= 11 is 5.99. The van der Waals surface area contributed by atoms with Crippen LogP contribution in [-0.4, -0.2) is 27.6 Å². The number of halogens is 1. The zero-order valence-electron chi connectivity index (χ0n) is 30.3. The highest BCUT2D eigenvalue weighted by molar-refractivity contribution is 6.30. The average molecular weight is 644 g/mol. The first-order chi connectivity index (χ1) is 20.6. The van der Waals surface area contributed by atoms with Crippen LogP contribution < -0.4 is 0 Å². The van der Waals surface area contributed by atoms with Gasteiger partial charge in [-0.1, -0.05) is 120 Å². The smallest absolute Gasteiger partial charge is 0.309 e. The molecule has 0 aliphatic rings. The summed E-state index contributed by atoms with van der Waals surface area (Å²) in [6.07, 6.45) is 3.98. The number of rotatable bonds is 7. The number of carbonyl (C=O) groups excluding carboxylic acids is 2. The molecule has 45 heavy (non-hydrogen) atoms. The number of carbonyl (C=O) groups is 3. The van der Waals surface area contributed by atoms with Gasteiger partial charge in [-0.15, -0.1) is 0 Å². The third kappa shape index (κ3) is 13.9. The van der Waals surface area contributed by atoms with Crippen LogP contribution in [0.3, 0.4) is 0 Å². The molecule has 2 heterocycles. The maximum Gasteiger partial charge on any atom is 0.309 e. The summed E-state index contributed by atoms with van der Waals surface area (Å²) in [5, 5.41) is 9.13. The van der Waals surface area contributed by atoms with Gasteiger partial charge in [-0.25, -0.2) is 4.98 Å². The standard InChI is InChI=1S/C21H22ClNO2.C7H14O.C6H12O2.C4H10/c1-12(2)19(24)18-11-17-20(25-18)15(21(3,4)5)10-16(23-17)13-6-8-14(22)9-7-13;1-5-6(8)7(2,3)4;1-4-6(2,3)5(7)8;1-3-4-2/h6-12H,1-5H3;5H2,1-4H3;4H2,1-3H3,(H,7,8);3-4H2,1-2H3. The minimum Gasteiger partial charge on any atom is -0.481 e. The molecule has 0 saturated heterocycles. The minimum absolute atomic E-state index is 0.00842. The third-order valence-corrected chi connectivity index (χ3v) is 7.57. The van der Waals surface area contributed by atoms with Crippen molar-refractivity contribution < 1.29 is 23.9 Å². The van der Waals surface area contributed by atoms with Crippen LogP contribution in [0.15, 0.2) is 40.8 Å². The van der Waals surface area contributed by atoms with Gasteiger partial charge in [0.2, 0.25) is 5.78 Å². The third-order valence-electron chi connectivity index (χ3n) is 7.31. The van der Waals surface area contributed by atoms with Crippen molar-refractivity contribution in [3.05, 3.63) is 52.7 Å². The lowest BCUT2D eigenvalue weighted by atomic mass is 9.86. The van der Waals surface area contributed by atoms with E-state index < -0.39 is 11.4 Å². The molecule has 0 spiro atoms. The van der Waals surface area contributed by atoms with E-state index in [1.165, 1.54) is 12.8 Å². The Morgan fingerprint density at radius 3 is 1.69 bits per heavy atom. The van der Waals surface area contributed by atoms with Crippen LogP contribution in [0.5, 0.6) is 0 Å². The molecule has 2 aromatic heterocycles. The molecule has 252 valence electrons. The highest BCUT2D eigenvalue weighted by atomic mass is 35.5. The van der Waals surface area contributed by atoms with E-state index in [9.17, 15) is 14.4 Å². The van der Waals surface area contributed by atoms with Crippen LogP contribution in [0, 0.1) is 16.7 Å². The Morgan fingerprint density at radius 2 is 1.38 bits per heavy atom. The number of hydrogen-bond acceptors (Lipinski definition) is 5. The van der Waals surface area contributed by atoms with Crippen molar-refractivity contribution in [1.82, 2.24) is 4.98 Å². The van der Waals surface area contributed by atoms with E-state index in [1.54, 1.807) is 19.9 Å². The first-order valence-corrected chi connectivity index (χ1v) is 16.5. The molecule has 0 aliphatic carbocycles. The fourth-order valence-electron chi connectivity index (χ4n) is 3.43. The summed E-state index contributed by atoms with van der Waals surface area (Å²) in [5.41, 5.74) is 3.45. The number of nitrogens with zero attached hydrogens (tertiary/aromatic N) is 1. The number of pyridine rings is 1. The van der Waals surface area contributed by atoms with Crippen LogP contribution in [0.25, 0.3) is 22.4 Å². The Hall–Kier alpha value is -2.99. The van der Waals surface area contributed by atoms with Crippen LogP contribution >= 0.6 is 11.6 Å². The number of Topliss-reactive ketones (excluding diaryl/α,β-unsaturated/α-hetero) is 2. The number of carboxylic acid groups (broad SMARTS) is 1. The van der Waals surface area contributed by atoms with Crippen molar-refractivity contribution in [2.45, 2.75) is 128 Å². The minimum atomic E-state index is -0.722. The highest BCUT2D eigenvalue weighted by Gasteiger charge is 2.25. The molecule has 6 nitrogen and oxygen atoms in total. The van der Waals surface area contributed by atoms with E-state index in [-0.39, 0.29) is 22.5 Å². The Balaban J connectivity index is 0.000000793. The van der Waals surface area contributed by atoms with Crippen LogP contribution in [-0.2, 0) is 15.0 Å². The lowest BCUT2D eigenvalue weighted by Gasteiger charge is -2.20. The maximum absolute atomic E-state index is 12.3. The molecule has 0 radical (unpaired) electrons. The molecule has 0 aliphatic heterocycles. The Morgan fingerprint density at radius 1 is 0.867 bits per heavy atom. The molecule has 0 amide bonds. The maximum atomic E-state index is 12.3. The van der Waals surface area contributed by atoms with Crippen LogP contribution in [0.2, 0.25) is 5.02 Å². The van der Waals surface area contributed by atoms with Gasteiger partial charge in [0.1, 0.15) is 11.3 Å². The number of ketones is 2. The van der Waals surface area contributed by atoms with Gasteiger partial charge in [-0.3, -0.25) is 14.4 Å². The van der Waals surface area contributed by atoms with E-state index in [2.05, 4.69) is 34.6 Å². The number of benzene rings is 1. The highest BCUT2D eigenvalue weighted by Crippen LogP contribution is 2.35. The summed E-state index contributed by atoms with van der Waals surface area (Å²) in [7, 11) is 0. The predicted molar refractivity (Wildman–Crippen MR) is 189 cm³/mol. The van der Waals surface area contributed by atoms with Crippen molar-refractivity contribution in [2.24, 2.45) is 16.7 Å². The number of unbranched alkanes of at least 4 members (excludes halogenated alkanes) is 1. The first-order valence-electron chi connectivity index (χ1n) is 16.1. The van der Waals surface area contributed by atoms with E-state index in [1.807, 2.05) is 78.8 Å². The fraction of sp³-hybridized carbons (Fsp3) is 0.579. The molecule has 0 fully saturated rings. The zero-order chi connectivity index (χ0) is 35.3. The number of aromatic nitrogens is 1. The van der Waals surface area contributed by atoms with Gasteiger partial charge in [0.25, 0.3) is 0 Å². The number of carboxylic acids is 1. The summed E-state index contributed by atoms with van der Waals surface area (Å²) < 4.78 is 5.93. The largest absolute Gasteiger partial charge is 0.481 e. The monoisotopic (exact) mass is 643 g/mol. The van der Waals surface area contributed by atoms with Crippen molar-refractivity contribution in [3.8, 4) is 11.3 Å². The Bertz CT molecular complexity index is 1370. The Kier molecular flexibility index (Phi) is 17.0. The van der Waals surface area contributed by atoms with E-state index in [4.69, 9.17) is 26.1 Å². The van der Waals surface area contributed by atoms with E-state index in [0.717, 1.165) is 16.8 Å². The lowest BCUT2D eigenvalue weighted by molar-refractivity contribution is -0.147. The topological polar surface area (TPSA) is 97.5 Å². The van der Waals surface area contributed by atoms with Crippen molar-refractivity contribution >= 4 is 40.2 Å². The molecule has 0 bridgehead atoms. The Labute approximate surface area is 277 Å². The second-order valence-corrected chi connectivity index (χ2v) is 14.7. The van der Waals surface area contributed by atoms with E-state index in [0.29, 0.717) is 40.5 Å². The quantitative estimate of drug-likeness (QED) is 0.257. The second kappa shape index (κ2) is 18.2. The van der Waals surface area contributed by atoms with E-state index >= 15 is 0 Å². The first kappa shape index (κ1) is 42.0. The number of furan rings is 1. The molecular weight excluding hydrogens is 586 g/mol. The van der Waals surface area contributed by atoms with Gasteiger partial charge in [-0.05, 0) is 43.9 Å². The normalized spacial score (nSPS) is 11.5. The molecule has 0 saturated carbocycles. The fourth-order valence-corrected chi connectivity index (χ4v) is 3.56. The number of hydrogen-bond donors (Lipinski definition) is 1. The molecule has 7 heteroatoms. The molecule has 3 rings (SSSR count). The van der Waals surface area contributed by atoms with Gasteiger partial charge >= 0.3 is 5.97 Å². The predicted octanol–water partition coefficient (Wildman–Crippen LogP) is 11.6. The van der Waals surface area contributed by atoms with Crippen LogP contribution in [0.1, 0.15) is 139 Å². The van der Waals surface area contributed by atoms with Gasteiger partial charge in [0.15, 0.2) is 11.3 Å². The number of aliphatic carboxylic acids is 1. The van der Waals surface area contributed by atoms with Crippen molar-refractivity contribution in [2.75, 3.05) is 0 Å². The molecule has 0 unspecified atom stereocenters. The molecular formula is C38H58ClNO5.